The second-order valence-corrected chi connectivity index (χ2v) is 9.27. The van der Waals surface area contributed by atoms with Crippen molar-refractivity contribution in [3.63, 3.8) is 0 Å². The topological polar surface area (TPSA) is 51.6 Å². The molecule has 0 amide bonds. The van der Waals surface area contributed by atoms with E-state index in [2.05, 4.69) is 16.6 Å². The number of ether oxygens (including phenoxy) is 1. The Morgan fingerprint density at radius 2 is 2.03 bits per heavy atom. The molecule has 1 aromatic heterocycles. The van der Waals surface area contributed by atoms with Gasteiger partial charge in [-0.15, -0.1) is 13.2 Å². The van der Waals surface area contributed by atoms with Crippen LogP contribution in [-0.4, -0.2) is 43.0 Å². The molecule has 4 nitrogen and oxygen atoms in total. The predicted octanol–water partition coefficient (Wildman–Crippen LogP) is 4.77. The number of nitrogens with two attached hydrogens (primary N) is 1. The maximum absolute atomic E-state index is 13.1. The summed E-state index contributed by atoms with van der Waals surface area (Å²) in [6, 6.07) is 4.03. The van der Waals surface area contributed by atoms with Gasteiger partial charge in [0, 0.05) is 32.0 Å². The number of allylic oxidation sites excluding steroid dienone is 2. The van der Waals surface area contributed by atoms with Crippen molar-refractivity contribution in [3.05, 3.63) is 47.5 Å². The molecule has 3 aliphatic rings. The fourth-order valence-corrected chi connectivity index (χ4v) is 5.34. The lowest BCUT2D eigenvalue weighted by Gasteiger charge is -2.35. The van der Waals surface area contributed by atoms with Crippen LogP contribution in [0.1, 0.15) is 43.6 Å². The number of rotatable bonds is 8. The second kappa shape index (κ2) is 8.17. The summed E-state index contributed by atoms with van der Waals surface area (Å²) in [5.41, 5.74) is 5.18. The Labute approximate surface area is 175 Å². The zero-order valence-electron chi connectivity index (χ0n) is 17.6. The van der Waals surface area contributed by atoms with Crippen LogP contribution in [0.2, 0.25) is 0 Å². The maximum Gasteiger partial charge on any atom is 0.523 e. The van der Waals surface area contributed by atoms with Gasteiger partial charge >= 0.3 is 6.36 Å². The van der Waals surface area contributed by atoms with Gasteiger partial charge in [-0.05, 0) is 56.2 Å². The van der Waals surface area contributed by atoms with E-state index in [0.29, 0.717) is 24.2 Å². The number of nitrogens with zero attached hydrogens (tertiary/aromatic N) is 1. The minimum absolute atomic E-state index is 0.221. The first-order valence-electron chi connectivity index (χ1n) is 10.8. The first kappa shape index (κ1) is 21.7. The molecule has 166 valence electrons. The molecule has 1 saturated heterocycles. The van der Waals surface area contributed by atoms with Gasteiger partial charge in [-0.25, -0.2) is 0 Å². The monoisotopic (exact) mass is 424 g/mol. The highest BCUT2D eigenvalue weighted by Gasteiger charge is 2.58. The highest BCUT2D eigenvalue weighted by molar-refractivity contribution is 5.27. The van der Waals surface area contributed by atoms with Gasteiger partial charge in [0.15, 0.2) is 0 Å². The first-order valence-corrected chi connectivity index (χ1v) is 10.8. The fourth-order valence-electron chi connectivity index (χ4n) is 5.34. The number of aryl methyl sites for hydroxylation is 1. The maximum atomic E-state index is 13.1. The minimum Gasteiger partial charge on any atom is -0.466 e. The molecule has 0 spiro atoms. The van der Waals surface area contributed by atoms with Crippen molar-refractivity contribution in [3.8, 4) is 0 Å². The Balaban J connectivity index is 1.29. The SMILES string of the molecule is Cc1ccc(C(C)CCN2CC3C(C2)C3CC2(OC(F)(F)F)C=CC=C(CN)C2)o1. The zero-order chi connectivity index (χ0) is 21.5. The lowest BCUT2D eigenvalue weighted by Crippen LogP contribution is -2.40. The van der Waals surface area contributed by atoms with Gasteiger partial charge in [0.1, 0.15) is 11.5 Å². The van der Waals surface area contributed by atoms with E-state index in [-0.39, 0.29) is 18.9 Å². The van der Waals surface area contributed by atoms with Crippen molar-refractivity contribution in [2.24, 2.45) is 23.5 Å². The van der Waals surface area contributed by atoms with Gasteiger partial charge in [0.2, 0.25) is 0 Å². The van der Waals surface area contributed by atoms with Gasteiger partial charge < -0.3 is 15.1 Å². The Bertz CT molecular complexity index is 804. The Morgan fingerprint density at radius 3 is 2.63 bits per heavy atom. The van der Waals surface area contributed by atoms with Crippen molar-refractivity contribution in [2.45, 2.75) is 51.0 Å². The number of halogens is 3. The van der Waals surface area contributed by atoms with Gasteiger partial charge in [-0.1, -0.05) is 30.7 Å². The van der Waals surface area contributed by atoms with Crippen LogP contribution in [0.15, 0.2) is 40.4 Å². The molecule has 2 N–H and O–H groups in total. The van der Waals surface area contributed by atoms with Crippen molar-refractivity contribution < 1.29 is 22.3 Å². The lowest BCUT2D eigenvalue weighted by atomic mass is 9.84. The third kappa shape index (κ3) is 4.84. The van der Waals surface area contributed by atoms with Gasteiger partial charge in [-0.2, -0.15) is 0 Å². The number of hydrogen-bond acceptors (Lipinski definition) is 4. The smallest absolute Gasteiger partial charge is 0.466 e. The van der Waals surface area contributed by atoms with Crippen molar-refractivity contribution in [1.82, 2.24) is 4.90 Å². The van der Waals surface area contributed by atoms with Crippen LogP contribution in [0.4, 0.5) is 13.2 Å². The third-order valence-electron chi connectivity index (χ3n) is 6.99. The van der Waals surface area contributed by atoms with Crippen molar-refractivity contribution >= 4 is 0 Å². The largest absolute Gasteiger partial charge is 0.523 e. The van der Waals surface area contributed by atoms with Gasteiger partial charge in [-0.3, -0.25) is 4.74 Å². The molecule has 30 heavy (non-hydrogen) atoms. The molecule has 2 aliphatic carbocycles. The molecule has 4 atom stereocenters. The second-order valence-electron chi connectivity index (χ2n) is 9.27. The molecular formula is C23H31F3N2O2. The lowest BCUT2D eigenvalue weighted by molar-refractivity contribution is -0.360. The van der Waals surface area contributed by atoms with Crippen LogP contribution < -0.4 is 5.73 Å². The van der Waals surface area contributed by atoms with Gasteiger partial charge in [0.25, 0.3) is 0 Å². The number of fused-ring (bicyclic) bond motifs is 1. The summed E-state index contributed by atoms with van der Waals surface area (Å²) in [4.78, 5) is 2.44. The quantitative estimate of drug-likeness (QED) is 0.653. The summed E-state index contributed by atoms with van der Waals surface area (Å²) < 4.78 is 49.8. The number of hydrogen-bond donors (Lipinski definition) is 1. The average molecular weight is 425 g/mol. The molecule has 2 fully saturated rings. The Hall–Kier alpha value is -1.57. The van der Waals surface area contributed by atoms with E-state index >= 15 is 0 Å². The normalized spacial score (nSPS) is 32.2. The molecule has 1 aliphatic heterocycles. The number of piperidine rings is 1. The summed E-state index contributed by atoms with van der Waals surface area (Å²) in [6.07, 6.45) is 2.04. The average Bonchev–Trinajstić information content (AvgIpc) is 3.04. The zero-order valence-corrected chi connectivity index (χ0v) is 17.6. The number of furan rings is 1. The molecule has 0 aromatic carbocycles. The van der Waals surface area contributed by atoms with Crippen LogP contribution in [0.3, 0.4) is 0 Å². The minimum atomic E-state index is -4.65. The number of alkyl halides is 3. The molecule has 0 bridgehead atoms. The predicted molar refractivity (Wildman–Crippen MR) is 109 cm³/mol. The van der Waals surface area contributed by atoms with Crippen molar-refractivity contribution in [1.29, 1.82) is 0 Å². The van der Waals surface area contributed by atoms with Crippen LogP contribution in [0.5, 0.6) is 0 Å². The van der Waals surface area contributed by atoms with Crippen LogP contribution in [0.25, 0.3) is 0 Å². The van der Waals surface area contributed by atoms with E-state index in [1.54, 1.807) is 18.2 Å². The molecule has 7 heteroatoms. The van der Waals surface area contributed by atoms with Crippen molar-refractivity contribution in [2.75, 3.05) is 26.2 Å². The Morgan fingerprint density at radius 1 is 1.30 bits per heavy atom. The fraction of sp³-hybridized carbons (Fsp3) is 0.652. The Kier molecular flexibility index (Phi) is 5.90. The van der Waals surface area contributed by atoms with Crippen LogP contribution in [-0.2, 0) is 4.74 Å². The molecule has 1 aromatic rings. The van der Waals surface area contributed by atoms with E-state index in [9.17, 15) is 13.2 Å². The summed E-state index contributed by atoms with van der Waals surface area (Å²) in [7, 11) is 0. The summed E-state index contributed by atoms with van der Waals surface area (Å²) >= 11 is 0. The molecule has 4 rings (SSSR count). The first-order chi connectivity index (χ1) is 14.2. The van der Waals surface area contributed by atoms with Gasteiger partial charge in [0.05, 0.1) is 5.60 Å². The summed E-state index contributed by atoms with van der Waals surface area (Å²) in [5, 5.41) is 0. The van der Waals surface area contributed by atoms with Crippen LogP contribution >= 0.6 is 0 Å². The molecule has 4 unspecified atom stereocenters. The summed E-state index contributed by atoms with van der Waals surface area (Å²) in [6.45, 7) is 7.30. The van der Waals surface area contributed by atoms with E-state index in [4.69, 9.17) is 10.2 Å². The van der Waals surface area contributed by atoms with E-state index < -0.39 is 12.0 Å². The summed E-state index contributed by atoms with van der Waals surface area (Å²) in [5.74, 6) is 3.55. The third-order valence-corrected chi connectivity index (χ3v) is 6.99. The van der Waals surface area contributed by atoms with E-state index in [1.807, 2.05) is 19.1 Å². The van der Waals surface area contributed by atoms with Crippen LogP contribution in [0, 0.1) is 24.7 Å². The number of likely N-dealkylation sites (tertiary alicyclic amines) is 1. The highest BCUT2D eigenvalue weighted by Crippen LogP contribution is 2.57. The molecule has 0 radical (unpaired) electrons. The molecular weight excluding hydrogens is 393 g/mol. The molecule has 2 heterocycles. The van der Waals surface area contributed by atoms with E-state index in [0.717, 1.165) is 43.1 Å². The standard InChI is InChI=1S/C23H31F3N2O2/c1-15(21-6-5-16(2)29-21)7-9-28-13-19-18(20(19)14-28)11-22(30-23(24,25)26)8-3-4-17(10-22)12-27/h3-6,8,15,18-20H,7,9-14,27H2,1-2H3. The van der Waals surface area contributed by atoms with E-state index in [1.165, 1.54) is 0 Å². The highest BCUT2D eigenvalue weighted by atomic mass is 19.4. The molecule has 1 saturated carbocycles.